The Balaban J connectivity index is 1.19. The van der Waals surface area contributed by atoms with E-state index >= 15 is 0 Å². The molecule has 1 fully saturated rings. The molecule has 0 bridgehead atoms. The topological polar surface area (TPSA) is 43.2 Å². The molecule has 0 radical (unpaired) electrons. The second kappa shape index (κ2) is 8.05. The Kier molecular flexibility index (Phi) is 5.14. The van der Waals surface area contributed by atoms with E-state index in [2.05, 4.69) is 31.1 Å². The van der Waals surface area contributed by atoms with Crippen molar-refractivity contribution in [3.8, 4) is 17.1 Å². The Morgan fingerprint density at radius 2 is 1.89 bits per heavy atom. The van der Waals surface area contributed by atoms with Gasteiger partial charge in [0.25, 0.3) is 0 Å². The average Bonchev–Trinajstić information content (AvgIpc) is 3.33. The highest BCUT2D eigenvalue weighted by atomic mass is 32.1. The van der Waals surface area contributed by atoms with E-state index < -0.39 is 0 Å². The van der Waals surface area contributed by atoms with E-state index in [1.807, 2.05) is 41.7 Å². The van der Waals surface area contributed by atoms with E-state index in [4.69, 9.17) is 4.74 Å². The van der Waals surface area contributed by atoms with Gasteiger partial charge in [-0.3, -0.25) is 4.90 Å². The van der Waals surface area contributed by atoms with Gasteiger partial charge in [0.2, 0.25) is 0 Å². The molecular formula is C22H26N4OS. The predicted octanol–water partition coefficient (Wildman–Crippen LogP) is 4.21. The van der Waals surface area contributed by atoms with Crippen molar-refractivity contribution in [2.45, 2.75) is 38.1 Å². The van der Waals surface area contributed by atoms with Gasteiger partial charge >= 0.3 is 0 Å². The Morgan fingerprint density at radius 3 is 2.75 bits per heavy atom. The van der Waals surface area contributed by atoms with E-state index in [0.29, 0.717) is 5.92 Å². The number of piperidine rings is 1. The maximum Gasteiger partial charge on any atom is 0.165 e. The fourth-order valence-electron chi connectivity index (χ4n) is 4.39. The summed E-state index contributed by atoms with van der Waals surface area (Å²) in [4.78, 5) is 3.97. The van der Waals surface area contributed by atoms with Crippen molar-refractivity contribution in [3.63, 3.8) is 0 Å². The molecule has 2 aliphatic rings. The monoisotopic (exact) mass is 394 g/mol. The summed E-state index contributed by atoms with van der Waals surface area (Å²) >= 11 is 1.85. The van der Waals surface area contributed by atoms with Crippen LogP contribution in [0.5, 0.6) is 5.75 Å². The van der Waals surface area contributed by atoms with Gasteiger partial charge in [-0.25, -0.2) is 0 Å². The number of rotatable bonds is 5. The Bertz CT molecular complexity index is 912. The Morgan fingerprint density at radius 1 is 1.04 bits per heavy atom. The van der Waals surface area contributed by atoms with Crippen LogP contribution in [0.15, 0.2) is 41.8 Å². The molecule has 5 rings (SSSR count). The smallest absolute Gasteiger partial charge is 0.165 e. The van der Waals surface area contributed by atoms with E-state index in [9.17, 15) is 0 Å². The Hall–Kier alpha value is -2.18. The zero-order valence-corrected chi connectivity index (χ0v) is 16.9. The summed E-state index contributed by atoms with van der Waals surface area (Å²) in [7, 11) is 0. The number of likely N-dealkylation sites (tertiary alicyclic amines) is 1. The van der Waals surface area contributed by atoms with Crippen LogP contribution in [0.25, 0.3) is 11.4 Å². The molecule has 2 aromatic heterocycles. The Labute approximate surface area is 170 Å². The van der Waals surface area contributed by atoms with Crippen molar-refractivity contribution in [1.82, 2.24) is 19.7 Å². The molecule has 0 saturated carbocycles. The number of hydrogen-bond donors (Lipinski definition) is 0. The van der Waals surface area contributed by atoms with Gasteiger partial charge in [0, 0.05) is 29.4 Å². The molecule has 4 heterocycles. The molecule has 0 spiro atoms. The number of thiophene rings is 1. The zero-order chi connectivity index (χ0) is 18.8. The molecule has 3 aromatic rings. The summed E-state index contributed by atoms with van der Waals surface area (Å²) in [6.07, 6.45) is 4.65. The summed E-state index contributed by atoms with van der Waals surface area (Å²) in [5.41, 5.74) is 1.30. The highest BCUT2D eigenvalue weighted by Gasteiger charge is 2.28. The molecule has 0 unspecified atom stereocenters. The SMILES string of the molecule is c1ccc(OCCN2CCC(c3nnc4n3CCCc3sccc3-4)CC2)cc1. The highest BCUT2D eigenvalue weighted by molar-refractivity contribution is 7.10. The molecule has 0 amide bonds. The van der Waals surface area contributed by atoms with Gasteiger partial charge in [-0.15, -0.1) is 21.5 Å². The molecule has 1 saturated heterocycles. The zero-order valence-electron chi connectivity index (χ0n) is 16.1. The first-order chi connectivity index (χ1) is 13.9. The third kappa shape index (κ3) is 3.59. The van der Waals surface area contributed by atoms with Crippen molar-refractivity contribution < 1.29 is 4.74 Å². The lowest BCUT2D eigenvalue weighted by Crippen LogP contribution is -2.36. The fourth-order valence-corrected chi connectivity index (χ4v) is 5.31. The van der Waals surface area contributed by atoms with Gasteiger partial charge in [-0.05, 0) is 62.4 Å². The average molecular weight is 395 g/mol. The van der Waals surface area contributed by atoms with Gasteiger partial charge in [0.1, 0.15) is 18.2 Å². The molecule has 28 heavy (non-hydrogen) atoms. The molecule has 1 aromatic carbocycles. The molecule has 0 N–H and O–H groups in total. The largest absolute Gasteiger partial charge is 0.492 e. The number of para-hydroxylation sites is 1. The summed E-state index contributed by atoms with van der Waals surface area (Å²) in [6, 6.07) is 12.3. The van der Waals surface area contributed by atoms with Crippen LogP contribution in [-0.4, -0.2) is 45.9 Å². The molecular weight excluding hydrogens is 368 g/mol. The number of nitrogens with zero attached hydrogens (tertiary/aromatic N) is 4. The minimum absolute atomic E-state index is 0.521. The first-order valence-electron chi connectivity index (χ1n) is 10.3. The van der Waals surface area contributed by atoms with E-state index in [1.54, 1.807) is 0 Å². The van der Waals surface area contributed by atoms with Gasteiger partial charge < -0.3 is 9.30 Å². The second-order valence-corrected chi connectivity index (χ2v) is 8.67. The van der Waals surface area contributed by atoms with Crippen molar-refractivity contribution in [1.29, 1.82) is 0 Å². The quantitative estimate of drug-likeness (QED) is 0.650. The van der Waals surface area contributed by atoms with Crippen LogP contribution in [0.3, 0.4) is 0 Å². The summed E-state index contributed by atoms with van der Waals surface area (Å²) < 4.78 is 8.25. The number of fused-ring (bicyclic) bond motifs is 3. The van der Waals surface area contributed by atoms with E-state index in [1.165, 1.54) is 22.7 Å². The summed E-state index contributed by atoms with van der Waals surface area (Å²) in [5, 5.41) is 11.4. The molecule has 6 heteroatoms. The third-order valence-electron chi connectivity index (χ3n) is 5.92. The minimum Gasteiger partial charge on any atom is -0.492 e. The van der Waals surface area contributed by atoms with Crippen molar-refractivity contribution in [3.05, 3.63) is 52.5 Å². The van der Waals surface area contributed by atoms with E-state index in [-0.39, 0.29) is 0 Å². The molecule has 146 valence electrons. The number of hydrogen-bond acceptors (Lipinski definition) is 5. The van der Waals surface area contributed by atoms with Crippen LogP contribution in [0, 0.1) is 0 Å². The van der Waals surface area contributed by atoms with Crippen molar-refractivity contribution in [2.75, 3.05) is 26.2 Å². The number of ether oxygens (including phenoxy) is 1. The molecule has 5 nitrogen and oxygen atoms in total. The minimum atomic E-state index is 0.521. The number of benzene rings is 1. The summed E-state index contributed by atoms with van der Waals surface area (Å²) in [6.45, 7) is 4.99. The van der Waals surface area contributed by atoms with Gasteiger partial charge in [0.15, 0.2) is 5.82 Å². The molecule has 2 aliphatic heterocycles. The second-order valence-electron chi connectivity index (χ2n) is 7.67. The fraction of sp³-hybridized carbons (Fsp3) is 0.455. The van der Waals surface area contributed by atoms with Gasteiger partial charge in [-0.1, -0.05) is 18.2 Å². The van der Waals surface area contributed by atoms with Crippen LogP contribution in [0.1, 0.15) is 35.9 Å². The van der Waals surface area contributed by atoms with Crippen molar-refractivity contribution >= 4 is 11.3 Å². The first kappa shape index (κ1) is 17.9. The van der Waals surface area contributed by atoms with Crippen molar-refractivity contribution in [2.24, 2.45) is 0 Å². The summed E-state index contributed by atoms with van der Waals surface area (Å²) in [5.74, 6) is 3.76. The predicted molar refractivity (Wildman–Crippen MR) is 112 cm³/mol. The van der Waals surface area contributed by atoms with Crippen LogP contribution in [-0.2, 0) is 13.0 Å². The highest BCUT2D eigenvalue weighted by Crippen LogP contribution is 2.35. The van der Waals surface area contributed by atoms with E-state index in [0.717, 1.165) is 63.6 Å². The lowest BCUT2D eigenvalue weighted by molar-refractivity contribution is 0.170. The van der Waals surface area contributed by atoms with Gasteiger partial charge in [0.05, 0.1) is 0 Å². The number of aryl methyl sites for hydroxylation is 1. The maximum absolute atomic E-state index is 5.85. The standard InChI is InChI=1S/C22H26N4OS/c1-2-5-18(6-3-1)27-15-14-25-12-8-17(9-13-25)21-23-24-22-19-10-16-28-20(19)7-4-11-26(21)22/h1-3,5-6,10,16-17H,4,7-9,11-15H2. The van der Waals surface area contributed by atoms with Crippen LogP contribution >= 0.6 is 11.3 Å². The lowest BCUT2D eigenvalue weighted by Gasteiger charge is -2.31. The van der Waals surface area contributed by atoms with Crippen LogP contribution < -0.4 is 4.74 Å². The lowest BCUT2D eigenvalue weighted by atomic mass is 9.96. The number of aromatic nitrogens is 3. The van der Waals surface area contributed by atoms with Gasteiger partial charge in [-0.2, -0.15) is 0 Å². The van der Waals surface area contributed by atoms with Crippen LogP contribution in [0.2, 0.25) is 0 Å². The van der Waals surface area contributed by atoms with Crippen LogP contribution in [0.4, 0.5) is 0 Å². The first-order valence-corrected chi connectivity index (χ1v) is 11.2. The molecule has 0 aliphatic carbocycles. The third-order valence-corrected chi connectivity index (χ3v) is 6.90. The molecule has 0 atom stereocenters. The maximum atomic E-state index is 5.85. The normalized spacial score (nSPS) is 17.7.